The number of nitrogens with one attached hydrogen (secondary N) is 1. The van der Waals surface area contributed by atoms with Crippen LogP contribution in [0.3, 0.4) is 0 Å². The van der Waals surface area contributed by atoms with Crippen molar-refractivity contribution in [3.05, 3.63) is 24.3 Å². The third kappa shape index (κ3) is 3.53. The van der Waals surface area contributed by atoms with Crippen LogP contribution in [0.15, 0.2) is 23.4 Å². The molecule has 2 rings (SSSR count). The van der Waals surface area contributed by atoms with E-state index < -0.39 is 21.4 Å². The molecular weight excluding hydrogens is 281 g/mol. The fourth-order valence-electron chi connectivity index (χ4n) is 2.64. The van der Waals surface area contributed by atoms with Crippen molar-refractivity contribution >= 4 is 10.0 Å². The summed E-state index contributed by atoms with van der Waals surface area (Å²) < 4.78 is 40.5. The van der Waals surface area contributed by atoms with Gasteiger partial charge in [0.05, 0.1) is 6.20 Å². The van der Waals surface area contributed by atoms with Gasteiger partial charge in [-0.25, -0.2) is 17.5 Å². The Balaban J connectivity index is 2.25. The highest BCUT2D eigenvalue weighted by Gasteiger charge is 2.34. The van der Waals surface area contributed by atoms with Crippen LogP contribution < -0.4 is 10.5 Å². The first-order chi connectivity index (χ1) is 9.47. The molecule has 0 unspecified atom stereocenters. The Hall–Kier alpha value is -1.05. The number of nitrogens with zero attached hydrogens (tertiary/aromatic N) is 1. The first-order valence-corrected chi connectivity index (χ1v) is 8.30. The van der Waals surface area contributed by atoms with E-state index in [1.165, 1.54) is 0 Å². The zero-order valence-corrected chi connectivity index (χ0v) is 12.1. The molecular formula is C13H20FN3O2S. The lowest BCUT2D eigenvalue weighted by Gasteiger charge is -2.32. The second-order valence-electron chi connectivity index (χ2n) is 5.34. The summed E-state index contributed by atoms with van der Waals surface area (Å²) in [5.74, 6) is -0.671. The summed E-state index contributed by atoms with van der Waals surface area (Å²) in [7, 11) is -3.80. The quantitative estimate of drug-likeness (QED) is 0.826. The minimum atomic E-state index is -3.80. The zero-order chi connectivity index (χ0) is 14.6. The number of sulfonamides is 1. The van der Waals surface area contributed by atoms with Crippen molar-refractivity contribution in [2.45, 2.75) is 49.0 Å². The molecule has 1 aromatic rings. The Labute approximate surface area is 118 Å². The smallest absolute Gasteiger partial charge is 0.242 e. The first-order valence-electron chi connectivity index (χ1n) is 6.82. The number of hydrogen-bond donors (Lipinski definition) is 2. The highest BCUT2D eigenvalue weighted by Crippen LogP contribution is 2.28. The number of hydrogen-bond acceptors (Lipinski definition) is 4. The molecule has 1 fully saturated rings. The summed E-state index contributed by atoms with van der Waals surface area (Å²) in [6.07, 6.45) is 7.62. The second-order valence-corrected chi connectivity index (χ2v) is 7.03. The summed E-state index contributed by atoms with van der Waals surface area (Å²) in [6.45, 7) is 0.245. The molecule has 0 radical (unpaired) electrons. The van der Waals surface area contributed by atoms with Gasteiger partial charge in [0.15, 0.2) is 0 Å². The summed E-state index contributed by atoms with van der Waals surface area (Å²) in [5, 5.41) is 0. The Morgan fingerprint density at radius 2 is 1.90 bits per heavy atom. The van der Waals surface area contributed by atoms with Crippen molar-refractivity contribution in [1.29, 1.82) is 0 Å². The largest absolute Gasteiger partial charge is 0.329 e. The maximum absolute atomic E-state index is 13.1. The highest BCUT2D eigenvalue weighted by molar-refractivity contribution is 7.89. The molecule has 1 aromatic heterocycles. The lowest BCUT2D eigenvalue weighted by Crippen LogP contribution is -2.53. The van der Waals surface area contributed by atoms with E-state index in [9.17, 15) is 12.8 Å². The van der Waals surface area contributed by atoms with Crippen molar-refractivity contribution < 1.29 is 12.8 Å². The topological polar surface area (TPSA) is 85.1 Å². The van der Waals surface area contributed by atoms with Crippen molar-refractivity contribution in [3.8, 4) is 0 Å². The maximum atomic E-state index is 13.1. The minimum absolute atomic E-state index is 0.158. The molecule has 1 heterocycles. The minimum Gasteiger partial charge on any atom is -0.329 e. The van der Waals surface area contributed by atoms with Crippen LogP contribution in [0.25, 0.3) is 0 Å². The number of nitrogens with two attached hydrogens (primary N) is 1. The molecule has 0 atom stereocenters. The van der Waals surface area contributed by atoms with Crippen LogP contribution in [0.1, 0.15) is 38.5 Å². The van der Waals surface area contributed by atoms with Crippen molar-refractivity contribution in [2.24, 2.45) is 5.73 Å². The molecule has 0 aromatic carbocycles. The fourth-order valence-corrected chi connectivity index (χ4v) is 4.08. The van der Waals surface area contributed by atoms with Gasteiger partial charge in [-0.1, -0.05) is 25.7 Å². The van der Waals surface area contributed by atoms with Gasteiger partial charge in [0.2, 0.25) is 10.0 Å². The molecule has 1 aliphatic rings. The van der Waals surface area contributed by atoms with Gasteiger partial charge in [0.25, 0.3) is 0 Å². The molecule has 0 aliphatic heterocycles. The number of rotatable bonds is 4. The molecule has 112 valence electrons. The van der Waals surface area contributed by atoms with E-state index in [2.05, 4.69) is 9.71 Å². The van der Waals surface area contributed by atoms with E-state index in [0.717, 1.165) is 44.1 Å². The van der Waals surface area contributed by atoms with E-state index in [1.807, 2.05) is 0 Å². The molecule has 0 amide bonds. The van der Waals surface area contributed by atoms with Gasteiger partial charge >= 0.3 is 0 Å². The zero-order valence-electron chi connectivity index (χ0n) is 11.3. The molecule has 0 bridgehead atoms. The average molecular weight is 301 g/mol. The van der Waals surface area contributed by atoms with Crippen LogP contribution in [-0.2, 0) is 10.0 Å². The standard InChI is InChI=1S/C13H20FN3O2S/c14-11-7-12(9-16-8-11)20(18,19)17-13(10-15)5-3-1-2-4-6-13/h7-9,17H,1-6,10,15H2. The third-order valence-electron chi connectivity index (χ3n) is 3.79. The Kier molecular flexibility index (Phi) is 4.72. The summed E-state index contributed by atoms with van der Waals surface area (Å²) in [6, 6.07) is 0.969. The normalized spacial score (nSPS) is 19.5. The van der Waals surface area contributed by atoms with Crippen molar-refractivity contribution in [2.75, 3.05) is 6.54 Å². The molecule has 20 heavy (non-hydrogen) atoms. The van der Waals surface area contributed by atoms with Crippen molar-refractivity contribution in [1.82, 2.24) is 9.71 Å². The summed E-state index contributed by atoms with van der Waals surface area (Å²) >= 11 is 0. The Morgan fingerprint density at radius 1 is 1.25 bits per heavy atom. The fraction of sp³-hybridized carbons (Fsp3) is 0.615. The molecule has 7 heteroatoms. The number of aromatic nitrogens is 1. The molecule has 0 saturated heterocycles. The highest BCUT2D eigenvalue weighted by atomic mass is 32.2. The first kappa shape index (κ1) is 15.3. The van der Waals surface area contributed by atoms with Crippen LogP contribution >= 0.6 is 0 Å². The molecule has 5 nitrogen and oxygen atoms in total. The van der Waals surface area contributed by atoms with E-state index >= 15 is 0 Å². The molecule has 0 spiro atoms. The predicted molar refractivity (Wildman–Crippen MR) is 74.0 cm³/mol. The van der Waals surface area contributed by atoms with E-state index in [1.54, 1.807) is 0 Å². The van der Waals surface area contributed by atoms with Gasteiger partial charge in [-0.05, 0) is 18.9 Å². The molecule has 1 aliphatic carbocycles. The van der Waals surface area contributed by atoms with Crippen LogP contribution in [0, 0.1) is 5.82 Å². The van der Waals surface area contributed by atoms with Gasteiger partial charge in [0, 0.05) is 18.3 Å². The van der Waals surface area contributed by atoms with Crippen LogP contribution in [0.2, 0.25) is 0 Å². The summed E-state index contributed by atoms with van der Waals surface area (Å²) in [5.41, 5.74) is 5.18. The average Bonchev–Trinajstić information content (AvgIpc) is 2.64. The monoisotopic (exact) mass is 301 g/mol. The lowest BCUT2D eigenvalue weighted by atomic mass is 9.92. The van der Waals surface area contributed by atoms with Crippen LogP contribution in [0.5, 0.6) is 0 Å². The van der Waals surface area contributed by atoms with Crippen LogP contribution in [0.4, 0.5) is 4.39 Å². The maximum Gasteiger partial charge on any atom is 0.242 e. The lowest BCUT2D eigenvalue weighted by molar-refractivity contribution is 0.342. The summed E-state index contributed by atoms with van der Waals surface area (Å²) in [4.78, 5) is 3.43. The van der Waals surface area contributed by atoms with Crippen molar-refractivity contribution in [3.63, 3.8) is 0 Å². The van der Waals surface area contributed by atoms with Gasteiger partial charge in [-0.2, -0.15) is 0 Å². The Morgan fingerprint density at radius 3 is 2.45 bits per heavy atom. The van der Waals surface area contributed by atoms with Crippen LogP contribution in [-0.4, -0.2) is 25.5 Å². The third-order valence-corrected chi connectivity index (χ3v) is 5.34. The van der Waals surface area contributed by atoms with Gasteiger partial charge in [-0.15, -0.1) is 0 Å². The number of pyridine rings is 1. The van der Waals surface area contributed by atoms with Gasteiger partial charge in [0.1, 0.15) is 10.7 Å². The van der Waals surface area contributed by atoms with E-state index in [-0.39, 0.29) is 11.4 Å². The van der Waals surface area contributed by atoms with Gasteiger partial charge < -0.3 is 5.73 Å². The van der Waals surface area contributed by atoms with E-state index in [4.69, 9.17) is 5.73 Å². The SMILES string of the molecule is NCC1(NS(=O)(=O)c2cncc(F)c2)CCCCCC1. The number of halogens is 1. The predicted octanol–water partition coefficient (Wildman–Crippen LogP) is 1.55. The van der Waals surface area contributed by atoms with E-state index in [0.29, 0.717) is 12.8 Å². The van der Waals surface area contributed by atoms with Gasteiger partial charge in [-0.3, -0.25) is 4.98 Å². The molecule has 1 saturated carbocycles. The second kappa shape index (κ2) is 6.15. The Bertz CT molecular complexity index is 554. The molecule has 3 N–H and O–H groups in total.